The molecule has 0 aromatic heterocycles. The Hall–Kier alpha value is -2.06. The summed E-state index contributed by atoms with van der Waals surface area (Å²) in [6, 6.07) is 20.8. The first-order chi connectivity index (χ1) is 19.4. The Morgan fingerprint density at radius 2 is 1.43 bits per heavy atom. The molecule has 6 nitrogen and oxygen atoms in total. The molecule has 4 rings (SSSR count). The first-order valence-corrected chi connectivity index (χ1v) is 15.0. The van der Waals surface area contributed by atoms with E-state index in [1.807, 2.05) is 50.2 Å². The van der Waals surface area contributed by atoms with Gasteiger partial charge in [-0.2, -0.15) is 0 Å². The van der Waals surface area contributed by atoms with Gasteiger partial charge in [0.2, 0.25) is 0 Å². The Morgan fingerprint density at radius 3 is 2.02 bits per heavy atom. The molecule has 42 heavy (non-hydrogen) atoms. The largest absolute Gasteiger partial charge is 1.00 e. The molecule has 0 heterocycles. The molecule has 2 aromatic rings. The number of rotatable bonds is 10. The van der Waals surface area contributed by atoms with Crippen molar-refractivity contribution in [3.05, 3.63) is 83.1 Å². The number of carbonyl (C=O) groups is 2. The standard InChI is InChI=1S/C17H25NO2.C17H23NO2.B.Na.H/c2*1-3-20-17(19)15-10-9-13(2)11-16(15)18-12-14-7-5-4-6-8-14;;;/h4-8,13,15-16,18H,3,9-12H2,1-2H3;4-8,13,18H,3,9-12H2,1-2H3;;;/q;;;+1;-1. The van der Waals surface area contributed by atoms with Gasteiger partial charge in [0.25, 0.3) is 0 Å². The molecule has 4 atom stereocenters. The summed E-state index contributed by atoms with van der Waals surface area (Å²) in [7, 11) is 0. The first kappa shape index (κ1) is 38.0. The monoisotopic (exact) mass is 583 g/mol. The van der Waals surface area contributed by atoms with Crippen molar-refractivity contribution in [3.63, 3.8) is 0 Å². The van der Waals surface area contributed by atoms with Crippen molar-refractivity contribution in [2.24, 2.45) is 17.8 Å². The number of ether oxygens (including phenoxy) is 2. The Morgan fingerprint density at radius 1 is 0.833 bits per heavy atom. The third kappa shape index (κ3) is 12.7. The Kier molecular flexibility index (Phi) is 18.8. The summed E-state index contributed by atoms with van der Waals surface area (Å²) >= 11 is 0. The molecular weight excluding hydrogens is 534 g/mol. The van der Waals surface area contributed by atoms with Gasteiger partial charge in [0.15, 0.2) is 0 Å². The van der Waals surface area contributed by atoms with Crippen molar-refractivity contribution in [1.29, 1.82) is 0 Å². The van der Waals surface area contributed by atoms with E-state index in [9.17, 15) is 9.59 Å². The van der Waals surface area contributed by atoms with E-state index >= 15 is 0 Å². The molecule has 0 saturated heterocycles. The number of nitrogens with one attached hydrogen (secondary N) is 2. The molecule has 1 saturated carbocycles. The zero-order chi connectivity index (χ0) is 28.7. The van der Waals surface area contributed by atoms with Gasteiger partial charge >= 0.3 is 41.5 Å². The molecule has 2 N–H and O–H groups in total. The predicted octanol–water partition coefficient (Wildman–Crippen LogP) is 3.29. The van der Waals surface area contributed by atoms with Gasteiger partial charge in [-0.15, -0.1) is 0 Å². The van der Waals surface area contributed by atoms with Crippen LogP contribution in [0.3, 0.4) is 0 Å². The summed E-state index contributed by atoms with van der Waals surface area (Å²) in [5, 5.41) is 6.99. The smallest absolute Gasteiger partial charge is 1.00 e. The van der Waals surface area contributed by atoms with Crippen molar-refractivity contribution in [1.82, 2.24) is 10.6 Å². The van der Waals surface area contributed by atoms with E-state index < -0.39 is 0 Å². The van der Waals surface area contributed by atoms with E-state index in [0.717, 1.165) is 62.9 Å². The number of esters is 2. The third-order valence-electron chi connectivity index (χ3n) is 7.79. The summed E-state index contributed by atoms with van der Waals surface area (Å²) in [4.78, 5) is 24.1. The van der Waals surface area contributed by atoms with Gasteiger partial charge in [-0.1, -0.05) is 74.5 Å². The molecule has 2 aliphatic carbocycles. The maximum Gasteiger partial charge on any atom is 1.00 e. The Bertz CT molecular complexity index is 1090. The minimum absolute atomic E-state index is 0. The SMILES string of the molecule is CCOC(=O)C1=C(NCc2ccccc2)CC(C)CC1.CCOC(=O)C1CCC(C)CC1NCc1ccccc1.[B].[H-].[Na+]. The van der Waals surface area contributed by atoms with E-state index in [0.29, 0.717) is 25.0 Å². The fraction of sp³-hybridized carbons (Fsp3) is 0.529. The van der Waals surface area contributed by atoms with Gasteiger partial charge in [-0.25, -0.2) is 4.79 Å². The van der Waals surface area contributed by atoms with Crippen molar-refractivity contribution in [2.45, 2.75) is 85.4 Å². The minimum atomic E-state index is -0.157. The van der Waals surface area contributed by atoms with Crippen LogP contribution in [0.1, 0.15) is 78.8 Å². The van der Waals surface area contributed by atoms with Crippen molar-refractivity contribution in [3.8, 4) is 0 Å². The van der Waals surface area contributed by atoms with E-state index in [1.54, 1.807) is 0 Å². The summed E-state index contributed by atoms with van der Waals surface area (Å²) in [6.45, 7) is 10.7. The molecule has 2 aliphatic rings. The van der Waals surface area contributed by atoms with Crippen LogP contribution in [-0.2, 0) is 32.2 Å². The van der Waals surface area contributed by atoms with Gasteiger partial charge in [0.1, 0.15) is 0 Å². The Labute approximate surface area is 279 Å². The Balaban J connectivity index is 0.000000767. The van der Waals surface area contributed by atoms with Gasteiger partial charge < -0.3 is 21.5 Å². The van der Waals surface area contributed by atoms with Crippen LogP contribution in [-0.4, -0.2) is 39.6 Å². The number of benzene rings is 2. The van der Waals surface area contributed by atoms with Crippen LogP contribution >= 0.6 is 0 Å². The number of hydrogen-bond acceptors (Lipinski definition) is 6. The van der Waals surface area contributed by atoms with Crippen LogP contribution in [0.2, 0.25) is 0 Å². The normalized spacial score (nSPS) is 21.4. The average Bonchev–Trinajstić information content (AvgIpc) is 2.97. The summed E-state index contributed by atoms with van der Waals surface area (Å²) in [5.74, 6) is 1.11. The zero-order valence-corrected chi connectivity index (χ0v) is 28.4. The second-order valence-corrected chi connectivity index (χ2v) is 11.1. The van der Waals surface area contributed by atoms with Crippen LogP contribution in [0, 0.1) is 17.8 Å². The fourth-order valence-corrected chi connectivity index (χ4v) is 5.52. The van der Waals surface area contributed by atoms with Crippen LogP contribution in [0.25, 0.3) is 0 Å². The topological polar surface area (TPSA) is 76.7 Å². The van der Waals surface area contributed by atoms with Crippen molar-refractivity contribution >= 4 is 20.4 Å². The molecule has 223 valence electrons. The molecule has 2 aromatic carbocycles. The molecule has 4 unspecified atom stereocenters. The average molecular weight is 584 g/mol. The fourth-order valence-electron chi connectivity index (χ4n) is 5.52. The minimum Gasteiger partial charge on any atom is -1.00 e. The quantitative estimate of drug-likeness (QED) is 0.331. The number of hydrogen-bond donors (Lipinski definition) is 2. The molecule has 0 aliphatic heterocycles. The van der Waals surface area contributed by atoms with E-state index in [2.05, 4.69) is 48.7 Å². The summed E-state index contributed by atoms with van der Waals surface area (Å²) in [5.41, 5.74) is 4.38. The van der Waals surface area contributed by atoms with E-state index in [-0.39, 0.29) is 63.3 Å². The second kappa shape index (κ2) is 20.8. The number of allylic oxidation sites excluding steroid dienone is 1. The van der Waals surface area contributed by atoms with Gasteiger partial charge in [0, 0.05) is 33.2 Å². The van der Waals surface area contributed by atoms with Crippen molar-refractivity contribution in [2.75, 3.05) is 13.2 Å². The van der Waals surface area contributed by atoms with Gasteiger partial charge in [0.05, 0.1) is 24.7 Å². The molecule has 8 heteroatoms. The molecule has 0 bridgehead atoms. The first-order valence-electron chi connectivity index (χ1n) is 15.0. The maximum atomic E-state index is 12.1. The molecule has 3 radical (unpaired) electrons. The van der Waals surface area contributed by atoms with Crippen LogP contribution < -0.4 is 40.2 Å². The van der Waals surface area contributed by atoms with E-state index in [1.165, 1.54) is 11.1 Å². The van der Waals surface area contributed by atoms with Crippen LogP contribution in [0.15, 0.2) is 71.9 Å². The molecule has 0 spiro atoms. The van der Waals surface area contributed by atoms with Crippen LogP contribution in [0.4, 0.5) is 0 Å². The number of carbonyl (C=O) groups excluding carboxylic acids is 2. The second-order valence-electron chi connectivity index (χ2n) is 11.1. The molecule has 0 amide bonds. The van der Waals surface area contributed by atoms with Gasteiger partial charge in [-0.05, 0) is 75.3 Å². The van der Waals surface area contributed by atoms with Crippen LogP contribution in [0.5, 0.6) is 0 Å². The van der Waals surface area contributed by atoms with Gasteiger partial charge in [-0.3, -0.25) is 4.79 Å². The van der Waals surface area contributed by atoms with Crippen molar-refractivity contribution < 1.29 is 50.0 Å². The predicted molar refractivity (Wildman–Crippen MR) is 167 cm³/mol. The summed E-state index contributed by atoms with van der Waals surface area (Å²) in [6.07, 6.45) is 5.92. The van der Waals surface area contributed by atoms with E-state index in [4.69, 9.17) is 9.47 Å². The summed E-state index contributed by atoms with van der Waals surface area (Å²) < 4.78 is 10.4. The zero-order valence-electron chi connectivity index (χ0n) is 27.4. The maximum absolute atomic E-state index is 12.1. The molecular formula is C34H49BN2NaO4. The third-order valence-corrected chi connectivity index (χ3v) is 7.79. The molecule has 1 fully saturated rings.